The molecule has 0 radical (unpaired) electrons. The first-order valence-electron chi connectivity index (χ1n) is 5.05. The van der Waals surface area contributed by atoms with Gasteiger partial charge in [-0.1, -0.05) is 0 Å². The lowest BCUT2D eigenvalue weighted by Crippen LogP contribution is -2.47. The molecular weight excluding hydrogens is 243 g/mol. The molecule has 1 heterocycles. The first kappa shape index (κ1) is 11.9. The van der Waals surface area contributed by atoms with Gasteiger partial charge < -0.3 is 4.90 Å². The zero-order valence-corrected chi connectivity index (χ0v) is 10.2. The molecule has 0 spiro atoms. The monoisotopic (exact) mass is 254 g/mol. The molecule has 0 amide bonds. The topological polar surface area (TPSA) is 61.2 Å². The Morgan fingerprint density at radius 3 is 2.71 bits per heavy atom. The Balaban J connectivity index is 2.77. The average molecular weight is 254 g/mol. The number of halogens is 1. The van der Waals surface area contributed by atoms with Crippen molar-refractivity contribution < 1.29 is 12.8 Å². The summed E-state index contributed by atoms with van der Waals surface area (Å²) in [6.07, 6.45) is 0. The standard InChI is InChI=1S/C11H11FN2O2S/c1-7-11(6-13)17(15,16)10-5-8(12)3-4-9(10)14(7)2/h3-5,7,11H,1-2H3. The van der Waals surface area contributed by atoms with Gasteiger partial charge in [-0.05, 0) is 25.1 Å². The number of hydrogen-bond acceptors (Lipinski definition) is 4. The first-order valence-corrected chi connectivity index (χ1v) is 6.60. The maximum absolute atomic E-state index is 13.1. The average Bonchev–Trinajstić information content (AvgIpc) is 2.27. The van der Waals surface area contributed by atoms with Crippen LogP contribution in [0.3, 0.4) is 0 Å². The molecule has 0 saturated carbocycles. The van der Waals surface area contributed by atoms with Gasteiger partial charge in [-0.3, -0.25) is 0 Å². The largest absolute Gasteiger partial charge is 0.368 e. The predicted molar refractivity (Wildman–Crippen MR) is 60.9 cm³/mol. The van der Waals surface area contributed by atoms with Crippen LogP contribution in [0.2, 0.25) is 0 Å². The Bertz CT molecular complexity index is 606. The molecule has 0 aliphatic carbocycles. The van der Waals surface area contributed by atoms with Crippen molar-refractivity contribution in [1.82, 2.24) is 0 Å². The van der Waals surface area contributed by atoms with Crippen LogP contribution in [0.15, 0.2) is 23.1 Å². The van der Waals surface area contributed by atoms with E-state index in [4.69, 9.17) is 5.26 Å². The van der Waals surface area contributed by atoms with Gasteiger partial charge in [-0.15, -0.1) is 0 Å². The molecule has 6 heteroatoms. The van der Waals surface area contributed by atoms with Crippen molar-refractivity contribution in [2.24, 2.45) is 0 Å². The van der Waals surface area contributed by atoms with Gasteiger partial charge in [0.05, 0.1) is 22.7 Å². The molecule has 1 aliphatic heterocycles. The van der Waals surface area contributed by atoms with Crippen molar-refractivity contribution in [3.63, 3.8) is 0 Å². The summed E-state index contributed by atoms with van der Waals surface area (Å²) in [7, 11) is -2.09. The summed E-state index contributed by atoms with van der Waals surface area (Å²) in [6.45, 7) is 1.66. The fourth-order valence-corrected chi connectivity index (χ4v) is 3.90. The normalized spacial score (nSPS) is 26.1. The molecule has 4 nitrogen and oxygen atoms in total. The molecule has 0 bridgehead atoms. The zero-order chi connectivity index (χ0) is 12.8. The molecule has 2 rings (SSSR count). The lowest BCUT2D eigenvalue weighted by Gasteiger charge is -2.36. The molecule has 1 aromatic carbocycles. The molecule has 0 fully saturated rings. The van der Waals surface area contributed by atoms with Crippen molar-refractivity contribution in [1.29, 1.82) is 5.26 Å². The molecule has 17 heavy (non-hydrogen) atoms. The number of nitrogens with zero attached hydrogens (tertiary/aromatic N) is 2. The lowest BCUT2D eigenvalue weighted by atomic mass is 10.2. The van der Waals surface area contributed by atoms with Crippen LogP contribution in [0.5, 0.6) is 0 Å². The third kappa shape index (κ3) is 1.58. The van der Waals surface area contributed by atoms with Crippen LogP contribution >= 0.6 is 0 Å². The number of hydrogen-bond donors (Lipinski definition) is 0. The van der Waals surface area contributed by atoms with Gasteiger partial charge in [-0.25, -0.2) is 12.8 Å². The zero-order valence-electron chi connectivity index (χ0n) is 9.38. The maximum Gasteiger partial charge on any atom is 0.198 e. The van der Waals surface area contributed by atoms with Crippen LogP contribution in [0.25, 0.3) is 0 Å². The third-order valence-corrected chi connectivity index (χ3v) is 5.23. The van der Waals surface area contributed by atoms with E-state index in [1.54, 1.807) is 24.9 Å². The van der Waals surface area contributed by atoms with E-state index in [2.05, 4.69) is 0 Å². The molecule has 0 N–H and O–H groups in total. The van der Waals surface area contributed by atoms with E-state index < -0.39 is 26.9 Å². The highest BCUT2D eigenvalue weighted by Gasteiger charge is 2.41. The maximum atomic E-state index is 13.1. The van der Waals surface area contributed by atoms with Gasteiger partial charge in [0.2, 0.25) is 0 Å². The van der Waals surface area contributed by atoms with Gasteiger partial charge >= 0.3 is 0 Å². The summed E-state index contributed by atoms with van der Waals surface area (Å²) >= 11 is 0. The van der Waals surface area contributed by atoms with Crippen molar-refractivity contribution in [2.45, 2.75) is 23.1 Å². The Labute approximate surface area is 99.2 Å². The minimum Gasteiger partial charge on any atom is -0.368 e. The Kier molecular flexibility index (Phi) is 2.59. The van der Waals surface area contributed by atoms with Gasteiger partial charge in [0.25, 0.3) is 0 Å². The van der Waals surface area contributed by atoms with E-state index >= 15 is 0 Å². The van der Waals surface area contributed by atoms with Gasteiger partial charge in [0.15, 0.2) is 15.1 Å². The predicted octanol–water partition coefficient (Wildman–Crippen LogP) is 1.33. The minimum atomic E-state index is -3.78. The SMILES string of the molecule is CC1C(C#N)S(=O)(=O)c2cc(F)ccc2N1C. The van der Waals surface area contributed by atoms with E-state index in [1.807, 2.05) is 0 Å². The second kappa shape index (κ2) is 3.70. The van der Waals surface area contributed by atoms with E-state index in [0.717, 1.165) is 6.07 Å². The second-order valence-corrected chi connectivity index (χ2v) is 6.10. The first-order chi connectivity index (χ1) is 7.89. The Morgan fingerprint density at radius 2 is 2.12 bits per heavy atom. The molecular formula is C11H11FN2O2S. The summed E-state index contributed by atoms with van der Waals surface area (Å²) in [4.78, 5) is 1.58. The van der Waals surface area contributed by atoms with Crippen LogP contribution in [-0.2, 0) is 9.84 Å². The number of benzene rings is 1. The van der Waals surface area contributed by atoms with Crippen molar-refractivity contribution in [2.75, 3.05) is 11.9 Å². The molecule has 0 aromatic heterocycles. The highest BCUT2D eigenvalue weighted by molar-refractivity contribution is 7.92. The number of rotatable bonds is 0. The number of sulfone groups is 1. The minimum absolute atomic E-state index is 0.107. The summed E-state index contributed by atoms with van der Waals surface area (Å²) < 4.78 is 37.4. The van der Waals surface area contributed by atoms with E-state index in [-0.39, 0.29) is 4.90 Å². The molecule has 2 atom stereocenters. The van der Waals surface area contributed by atoms with Crippen LogP contribution in [-0.4, -0.2) is 26.8 Å². The highest BCUT2D eigenvalue weighted by atomic mass is 32.2. The number of fused-ring (bicyclic) bond motifs is 1. The second-order valence-electron chi connectivity index (χ2n) is 4.06. The molecule has 90 valence electrons. The summed E-state index contributed by atoms with van der Waals surface area (Å²) in [5, 5.41) is 7.80. The molecule has 1 aliphatic rings. The summed E-state index contributed by atoms with van der Waals surface area (Å²) in [5.41, 5.74) is 0.436. The Hall–Kier alpha value is -1.61. The van der Waals surface area contributed by atoms with Crippen LogP contribution in [0, 0.1) is 17.1 Å². The smallest absolute Gasteiger partial charge is 0.198 e. The number of anilines is 1. The van der Waals surface area contributed by atoms with Crippen molar-refractivity contribution in [3.05, 3.63) is 24.0 Å². The van der Waals surface area contributed by atoms with Crippen molar-refractivity contribution >= 4 is 15.5 Å². The van der Waals surface area contributed by atoms with Gasteiger partial charge in [0, 0.05) is 7.05 Å². The summed E-state index contributed by atoms with van der Waals surface area (Å²) in [6, 6.07) is 4.93. The number of nitriles is 1. The van der Waals surface area contributed by atoms with Crippen LogP contribution in [0.4, 0.5) is 10.1 Å². The lowest BCUT2D eigenvalue weighted by molar-refractivity contribution is 0.558. The highest BCUT2D eigenvalue weighted by Crippen LogP contribution is 2.36. The molecule has 2 unspecified atom stereocenters. The van der Waals surface area contributed by atoms with Gasteiger partial charge in [0.1, 0.15) is 5.82 Å². The van der Waals surface area contributed by atoms with E-state index in [1.165, 1.54) is 12.1 Å². The quantitative estimate of drug-likeness (QED) is 0.700. The third-order valence-electron chi connectivity index (χ3n) is 3.12. The summed E-state index contributed by atoms with van der Waals surface area (Å²) in [5.74, 6) is -0.619. The van der Waals surface area contributed by atoms with Crippen LogP contribution in [0.1, 0.15) is 6.92 Å². The van der Waals surface area contributed by atoms with Crippen molar-refractivity contribution in [3.8, 4) is 6.07 Å². The van der Waals surface area contributed by atoms with Gasteiger partial charge in [-0.2, -0.15) is 5.26 Å². The molecule has 1 aromatic rings. The molecule has 0 saturated heterocycles. The van der Waals surface area contributed by atoms with E-state index in [9.17, 15) is 12.8 Å². The Morgan fingerprint density at radius 1 is 1.47 bits per heavy atom. The fraction of sp³-hybridized carbons (Fsp3) is 0.364. The van der Waals surface area contributed by atoms with Crippen LogP contribution < -0.4 is 4.90 Å². The van der Waals surface area contributed by atoms with E-state index in [0.29, 0.717) is 5.69 Å². The fourth-order valence-electron chi connectivity index (χ4n) is 2.00.